The highest BCUT2D eigenvalue weighted by atomic mass is 35.5. The molecule has 0 atom stereocenters. The molecule has 24 heavy (non-hydrogen) atoms. The molecule has 1 N–H and O–H groups in total. The number of nitrogens with zero attached hydrogens (tertiary/aromatic N) is 1. The van der Waals surface area contributed by atoms with Crippen LogP contribution in [0.3, 0.4) is 0 Å². The summed E-state index contributed by atoms with van der Waals surface area (Å²) in [6.45, 7) is 2.04. The topological polar surface area (TPSA) is 42.0 Å². The SMILES string of the molecule is Cc1ccc(SCC(=O)Nc2nc(-c3cc(Cl)sc3Cl)cs2)cc1. The maximum atomic E-state index is 12.1. The predicted octanol–water partition coefficient (Wildman–Crippen LogP) is 6.22. The number of hydrogen-bond acceptors (Lipinski definition) is 5. The van der Waals surface area contributed by atoms with Crippen molar-refractivity contribution in [2.45, 2.75) is 11.8 Å². The number of rotatable bonds is 5. The second kappa shape index (κ2) is 7.89. The summed E-state index contributed by atoms with van der Waals surface area (Å²) in [5.74, 6) is 0.249. The zero-order valence-corrected chi connectivity index (χ0v) is 16.5. The number of halogens is 2. The molecule has 124 valence electrons. The van der Waals surface area contributed by atoms with Gasteiger partial charge in [-0.1, -0.05) is 40.9 Å². The second-order valence-electron chi connectivity index (χ2n) is 4.93. The van der Waals surface area contributed by atoms with E-state index in [2.05, 4.69) is 10.3 Å². The summed E-state index contributed by atoms with van der Waals surface area (Å²) in [7, 11) is 0. The average Bonchev–Trinajstić information content (AvgIpc) is 3.12. The van der Waals surface area contributed by atoms with Crippen molar-refractivity contribution in [1.82, 2.24) is 4.98 Å². The molecule has 0 fully saturated rings. The summed E-state index contributed by atoms with van der Waals surface area (Å²) in [5, 5.41) is 5.22. The van der Waals surface area contributed by atoms with Crippen molar-refractivity contribution in [2.24, 2.45) is 0 Å². The number of benzene rings is 1. The fraction of sp³-hybridized carbons (Fsp3) is 0.125. The fourth-order valence-electron chi connectivity index (χ4n) is 1.91. The molecule has 1 aromatic carbocycles. The maximum absolute atomic E-state index is 12.1. The van der Waals surface area contributed by atoms with E-state index in [-0.39, 0.29) is 5.91 Å². The number of thiazole rings is 1. The van der Waals surface area contributed by atoms with E-state index < -0.39 is 0 Å². The average molecular weight is 415 g/mol. The Hall–Kier alpha value is -1.05. The van der Waals surface area contributed by atoms with Gasteiger partial charge in [0, 0.05) is 15.8 Å². The van der Waals surface area contributed by atoms with E-state index in [4.69, 9.17) is 23.2 Å². The third-order valence-corrected chi connectivity index (χ3v) is 6.33. The molecule has 0 aliphatic rings. The lowest BCUT2D eigenvalue weighted by atomic mass is 10.2. The second-order valence-corrected chi connectivity index (χ2v) is 9.12. The van der Waals surface area contributed by atoms with Crippen LogP contribution in [0.2, 0.25) is 8.67 Å². The predicted molar refractivity (Wildman–Crippen MR) is 106 cm³/mol. The molecule has 2 heterocycles. The van der Waals surface area contributed by atoms with Gasteiger partial charge < -0.3 is 5.32 Å². The number of anilines is 1. The van der Waals surface area contributed by atoms with E-state index >= 15 is 0 Å². The van der Waals surface area contributed by atoms with Gasteiger partial charge in [-0.2, -0.15) is 0 Å². The van der Waals surface area contributed by atoms with Crippen LogP contribution in [-0.4, -0.2) is 16.6 Å². The number of nitrogens with one attached hydrogen (secondary N) is 1. The number of amides is 1. The highest BCUT2D eigenvalue weighted by Gasteiger charge is 2.13. The molecule has 0 spiro atoms. The zero-order chi connectivity index (χ0) is 17.1. The first-order valence-corrected chi connectivity index (χ1v) is 10.3. The highest BCUT2D eigenvalue weighted by Crippen LogP contribution is 2.39. The Bertz CT molecular complexity index is 859. The molecule has 0 bridgehead atoms. The Labute approximate surface area is 162 Å². The van der Waals surface area contributed by atoms with Crippen LogP contribution in [-0.2, 0) is 4.79 Å². The third-order valence-electron chi connectivity index (χ3n) is 3.07. The Morgan fingerprint density at radius 3 is 2.71 bits per heavy atom. The minimum atomic E-state index is -0.0871. The number of thiophene rings is 1. The van der Waals surface area contributed by atoms with Crippen molar-refractivity contribution in [2.75, 3.05) is 11.1 Å². The molecular weight excluding hydrogens is 403 g/mol. The smallest absolute Gasteiger partial charge is 0.236 e. The lowest BCUT2D eigenvalue weighted by molar-refractivity contribution is -0.113. The van der Waals surface area contributed by atoms with E-state index in [0.717, 1.165) is 16.2 Å². The zero-order valence-electron chi connectivity index (χ0n) is 12.5. The molecule has 3 nitrogen and oxygen atoms in total. The van der Waals surface area contributed by atoms with Crippen LogP contribution in [0.25, 0.3) is 11.3 Å². The normalized spacial score (nSPS) is 10.8. The van der Waals surface area contributed by atoms with Crippen LogP contribution in [0.4, 0.5) is 5.13 Å². The summed E-state index contributed by atoms with van der Waals surface area (Å²) < 4.78 is 1.21. The number of hydrogen-bond donors (Lipinski definition) is 1. The molecule has 1 amide bonds. The Kier molecular flexibility index (Phi) is 5.84. The quantitative estimate of drug-likeness (QED) is 0.503. The summed E-state index contributed by atoms with van der Waals surface area (Å²) >= 11 is 16.2. The van der Waals surface area contributed by atoms with Gasteiger partial charge in [-0.3, -0.25) is 4.79 Å². The van der Waals surface area contributed by atoms with Crippen molar-refractivity contribution in [1.29, 1.82) is 0 Å². The van der Waals surface area contributed by atoms with Crippen LogP contribution in [0.1, 0.15) is 5.56 Å². The van der Waals surface area contributed by atoms with Gasteiger partial charge in [-0.15, -0.1) is 34.4 Å². The Balaban J connectivity index is 1.59. The van der Waals surface area contributed by atoms with E-state index in [0.29, 0.717) is 19.6 Å². The van der Waals surface area contributed by atoms with Gasteiger partial charge in [0.25, 0.3) is 0 Å². The Morgan fingerprint density at radius 1 is 1.29 bits per heavy atom. The van der Waals surface area contributed by atoms with E-state index in [9.17, 15) is 4.79 Å². The summed E-state index contributed by atoms with van der Waals surface area (Å²) in [6, 6.07) is 9.86. The van der Waals surface area contributed by atoms with Crippen LogP contribution < -0.4 is 5.32 Å². The number of thioether (sulfide) groups is 1. The van der Waals surface area contributed by atoms with Crippen LogP contribution >= 0.6 is 57.6 Å². The first-order chi connectivity index (χ1) is 11.5. The third kappa shape index (κ3) is 4.52. The molecule has 8 heteroatoms. The van der Waals surface area contributed by atoms with Gasteiger partial charge in [0.1, 0.15) is 4.34 Å². The standard InChI is InChI=1S/C16H12Cl2N2OS3/c1-9-2-4-10(5-3-9)22-8-14(21)20-16-19-12(7-23-16)11-6-13(17)24-15(11)18/h2-7H,8H2,1H3,(H,19,20,21). The number of carbonyl (C=O) groups excluding carboxylic acids is 1. The maximum Gasteiger partial charge on any atom is 0.236 e. The molecule has 0 aliphatic heterocycles. The molecular formula is C16H12Cl2N2OS3. The first kappa shape index (κ1) is 17.8. The van der Waals surface area contributed by atoms with Crippen LogP contribution in [0, 0.1) is 6.92 Å². The molecule has 0 radical (unpaired) electrons. The molecule has 0 aliphatic carbocycles. The molecule has 3 aromatic rings. The van der Waals surface area contributed by atoms with Gasteiger partial charge in [-0.25, -0.2) is 4.98 Å². The molecule has 3 rings (SSSR count). The van der Waals surface area contributed by atoms with E-state index in [1.165, 1.54) is 40.0 Å². The van der Waals surface area contributed by atoms with Gasteiger partial charge in [0.05, 0.1) is 15.8 Å². The largest absolute Gasteiger partial charge is 0.301 e. The van der Waals surface area contributed by atoms with Crippen LogP contribution in [0.15, 0.2) is 40.6 Å². The first-order valence-electron chi connectivity index (χ1n) is 6.91. The van der Waals surface area contributed by atoms with E-state index in [1.807, 2.05) is 36.6 Å². The van der Waals surface area contributed by atoms with Crippen molar-refractivity contribution >= 4 is 68.7 Å². The lowest BCUT2D eigenvalue weighted by Gasteiger charge is -2.02. The van der Waals surface area contributed by atoms with Crippen molar-refractivity contribution in [3.8, 4) is 11.3 Å². The number of aromatic nitrogens is 1. The lowest BCUT2D eigenvalue weighted by Crippen LogP contribution is -2.13. The minimum absolute atomic E-state index is 0.0871. The van der Waals surface area contributed by atoms with Gasteiger partial charge in [-0.05, 0) is 25.1 Å². The fourth-order valence-corrected chi connectivity index (χ4v) is 4.81. The van der Waals surface area contributed by atoms with Crippen molar-refractivity contribution < 1.29 is 4.79 Å². The summed E-state index contributed by atoms with van der Waals surface area (Å²) in [5.41, 5.74) is 2.71. The van der Waals surface area contributed by atoms with Gasteiger partial charge in [0.15, 0.2) is 5.13 Å². The van der Waals surface area contributed by atoms with Gasteiger partial charge in [0.2, 0.25) is 5.91 Å². The summed E-state index contributed by atoms with van der Waals surface area (Å²) in [6.07, 6.45) is 0. The highest BCUT2D eigenvalue weighted by molar-refractivity contribution is 8.00. The molecule has 0 unspecified atom stereocenters. The van der Waals surface area contributed by atoms with Gasteiger partial charge >= 0.3 is 0 Å². The van der Waals surface area contributed by atoms with Crippen molar-refractivity contribution in [3.63, 3.8) is 0 Å². The minimum Gasteiger partial charge on any atom is -0.301 e. The number of aryl methyl sites for hydroxylation is 1. The molecule has 0 saturated carbocycles. The monoisotopic (exact) mass is 414 g/mol. The van der Waals surface area contributed by atoms with Crippen molar-refractivity contribution in [3.05, 3.63) is 49.9 Å². The molecule has 2 aromatic heterocycles. The van der Waals surface area contributed by atoms with E-state index in [1.54, 1.807) is 6.07 Å². The van der Waals surface area contributed by atoms with Crippen LogP contribution in [0.5, 0.6) is 0 Å². The Morgan fingerprint density at radius 2 is 2.04 bits per heavy atom. The number of carbonyl (C=O) groups is 1. The summed E-state index contributed by atoms with van der Waals surface area (Å²) in [4.78, 5) is 17.5. The molecule has 0 saturated heterocycles.